The van der Waals surface area contributed by atoms with E-state index in [-0.39, 0.29) is 15.8 Å². The fourth-order valence-corrected chi connectivity index (χ4v) is 4.18. The van der Waals surface area contributed by atoms with E-state index in [2.05, 4.69) is 21.5 Å². The highest BCUT2D eigenvalue weighted by atomic mass is 32.2. The number of methoxy groups -OCH3 is 1. The topological polar surface area (TPSA) is 81.2 Å². The highest BCUT2D eigenvalue weighted by Crippen LogP contribution is 2.28. The van der Waals surface area contributed by atoms with Crippen molar-refractivity contribution < 1.29 is 17.5 Å². The van der Waals surface area contributed by atoms with Crippen LogP contribution in [0.1, 0.15) is 0 Å². The van der Waals surface area contributed by atoms with Gasteiger partial charge in [-0.2, -0.15) is 0 Å². The zero-order valence-corrected chi connectivity index (χ0v) is 13.9. The van der Waals surface area contributed by atoms with Crippen molar-refractivity contribution in [3.05, 3.63) is 36.7 Å². The molecule has 0 bridgehead atoms. The molecule has 0 spiro atoms. The van der Waals surface area contributed by atoms with Gasteiger partial charge in [-0.3, -0.25) is 4.72 Å². The quantitative estimate of drug-likeness (QED) is 0.603. The molecular formula is C12H12FN3O3S3. The Kier molecular flexibility index (Phi) is 5.37. The van der Waals surface area contributed by atoms with Crippen molar-refractivity contribution in [2.75, 3.05) is 17.6 Å². The summed E-state index contributed by atoms with van der Waals surface area (Å²) in [7, 11) is -2.63. The SMILES string of the molecule is C=CCSc1nnc(NS(=O)(=O)c2ccc(OC)c(F)c2)s1. The molecule has 1 N–H and O–H groups in total. The van der Waals surface area contributed by atoms with Crippen LogP contribution in [-0.4, -0.2) is 31.5 Å². The maximum atomic E-state index is 13.6. The van der Waals surface area contributed by atoms with Gasteiger partial charge in [0.2, 0.25) is 5.13 Å². The molecule has 0 unspecified atom stereocenters. The van der Waals surface area contributed by atoms with Gasteiger partial charge in [0.25, 0.3) is 10.0 Å². The number of hydrogen-bond donors (Lipinski definition) is 1. The summed E-state index contributed by atoms with van der Waals surface area (Å²) in [4.78, 5) is -0.221. The summed E-state index contributed by atoms with van der Waals surface area (Å²) in [6.07, 6.45) is 1.70. The van der Waals surface area contributed by atoms with E-state index in [1.54, 1.807) is 6.08 Å². The van der Waals surface area contributed by atoms with Crippen LogP contribution in [0.5, 0.6) is 5.75 Å². The molecule has 0 radical (unpaired) electrons. The molecule has 6 nitrogen and oxygen atoms in total. The minimum Gasteiger partial charge on any atom is -0.494 e. The number of thioether (sulfide) groups is 1. The highest BCUT2D eigenvalue weighted by molar-refractivity contribution is 8.01. The summed E-state index contributed by atoms with van der Waals surface area (Å²) in [6.45, 7) is 3.58. The average molecular weight is 361 g/mol. The lowest BCUT2D eigenvalue weighted by Gasteiger charge is -2.06. The smallest absolute Gasteiger partial charge is 0.263 e. The van der Waals surface area contributed by atoms with Crippen molar-refractivity contribution in [3.8, 4) is 5.75 Å². The van der Waals surface area contributed by atoms with Crippen molar-refractivity contribution in [1.82, 2.24) is 10.2 Å². The van der Waals surface area contributed by atoms with E-state index in [4.69, 9.17) is 4.74 Å². The minimum atomic E-state index is -3.94. The maximum absolute atomic E-state index is 13.6. The van der Waals surface area contributed by atoms with E-state index >= 15 is 0 Å². The number of aromatic nitrogens is 2. The van der Waals surface area contributed by atoms with Crippen LogP contribution in [0.15, 0.2) is 40.1 Å². The predicted molar refractivity (Wildman–Crippen MR) is 84.6 cm³/mol. The lowest BCUT2D eigenvalue weighted by Crippen LogP contribution is -2.13. The molecule has 0 aliphatic carbocycles. The van der Waals surface area contributed by atoms with Crippen LogP contribution in [0.3, 0.4) is 0 Å². The summed E-state index contributed by atoms with van der Waals surface area (Å²) in [5.41, 5.74) is 0. The molecule has 22 heavy (non-hydrogen) atoms. The summed E-state index contributed by atoms with van der Waals surface area (Å²) in [5, 5.41) is 7.69. The number of anilines is 1. The number of benzene rings is 1. The van der Waals surface area contributed by atoms with Gasteiger partial charge in [-0.1, -0.05) is 29.2 Å². The molecule has 118 valence electrons. The molecule has 0 amide bonds. The number of sulfonamides is 1. The first-order valence-electron chi connectivity index (χ1n) is 5.90. The van der Waals surface area contributed by atoms with E-state index in [1.165, 1.54) is 31.0 Å². The predicted octanol–water partition coefficient (Wildman–Crippen LogP) is 2.76. The molecule has 1 aromatic carbocycles. The molecule has 0 aliphatic rings. The van der Waals surface area contributed by atoms with Gasteiger partial charge in [0.1, 0.15) is 0 Å². The summed E-state index contributed by atoms with van der Waals surface area (Å²) < 4.78 is 45.6. The normalized spacial score (nSPS) is 11.2. The first kappa shape index (κ1) is 16.7. The number of nitrogens with one attached hydrogen (secondary N) is 1. The third-order valence-corrected chi connectivity index (χ3v) is 5.82. The van der Waals surface area contributed by atoms with Crippen molar-refractivity contribution in [3.63, 3.8) is 0 Å². The molecule has 10 heteroatoms. The molecule has 0 fully saturated rings. The Morgan fingerprint density at radius 1 is 1.50 bits per heavy atom. The summed E-state index contributed by atoms with van der Waals surface area (Å²) >= 11 is 2.48. The van der Waals surface area contributed by atoms with E-state index in [1.807, 2.05) is 0 Å². The first-order valence-corrected chi connectivity index (χ1v) is 9.18. The largest absolute Gasteiger partial charge is 0.494 e. The molecule has 0 saturated carbocycles. The maximum Gasteiger partial charge on any atom is 0.263 e. The van der Waals surface area contributed by atoms with Crippen LogP contribution in [0.4, 0.5) is 9.52 Å². The molecule has 2 rings (SSSR count). The van der Waals surface area contributed by atoms with Crippen LogP contribution in [-0.2, 0) is 10.0 Å². The molecule has 0 atom stereocenters. The third-order valence-electron chi connectivity index (χ3n) is 2.39. The lowest BCUT2D eigenvalue weighted by molar-refractivity contribution is 0.385. The van der Waals surface area contributed by atoms with Gasteiger partial charge in [-0.15, -0.1) is 16.8 Å². The monoisotopic (exact) mass is 361 g/mol. The molecule has 1 heterocycles. The number of halogens is 1. The van der Waals surface area contributed by atoms with Crippen molar-refractivity contribution >= 4 is 38.3 Å². The lowest BCUT2D eigenvalue weighted by atomic mass is 10.3. The van der Waals surface area contributed by atoms with Gasteiger partial charge in [0.15, 0.2) is 15.9 Å². The second kappa shape index (κ2) is 7.07. The number of ether oxygens (including phenoxy) is 1. The minimum absolute atomic E-state index is 0.0297. The fraction of sp³-hybridized carbons (Fsp3) is 0.167. The Morgan fingerprint density at radius 2 is 2.27 bits per heavy atom. The molecule has 0 aliphatic heterocycles. The van der Waals surface area contributed by atoms with Crippen molar-refractivity contribution in [2.24, 2.45) is 0 Å². The summed E-state index contributed by atoms with van der Waals surface area (Å²) in [6, 6.07) is 3.38. The van der Waals surface area contributed by atoms with Crippen LogP contribution in [0.25, 0.3) is 0 Å². The van der Waals surface area contributed by atoms with Gasteiger partial charge < -0.3 is 4.74 Å². The Morgan fingerprint density at radius 3 is 2.91 bits per heavy atom. The molecule has 0 saturated heterocycles. The van der Waals surface area contributed by atoms with Crippen LogP contribution in [0, 0.1) is 5.82 Å². The second-order valence-electron chi connectivity index (χ2n) is 3.87. The van der Waals surface area contributed by atoms with E-state index in [0.717, 1.165) is 17.4 Å². The Labute approximate surface area is 135 Å². The van der Waals surface area contributed by atoms with Crippen molar-refractivity contribution in [1.29, 1.82) is 0 Å². The third kappa shape index (κ3) is 3.96. The van der Waals surface area contributed by atoms with Gasteiger partial charge in [-0.05, 0) is 18.2 Å². The first-order chi connectivity index (χ1) is 10.5. The molecule has 2 aromatic rings. The zero-order chi connectivity index (χ0) is 16.2. The Balaban J connectivity index is 2.18. The highest BCUT2D eigenvalue weighted by Gasteiger charge is 2.19. The fourth-order valence-electron chi connectivity index (χ4n) is 1.43. The summed E-state index contributed by atoms with van der Waals surface area (Å²) in [5.74, 6) is -0.145. The van der Waals surface area contributed by atoms with E-state index in [0.29, 0.717) is 10.1 Å². The Bertz CT molecular complexity index is 777. The molecular weight excluding hydrogens is 349 g/mol. The zero-order valence-electron chi connectivity index (χ0n) is 11.4. The number of rotatable bonds is 7. The number of nitrogens with zero attached hydrogens (tertiary/aromatic N) is 2. The Hall–Kier alpha value is -1.65. The molecule has 1 aromatic heterocycles. The van der Waals surface area contributed by atoms with Crippen LogP contribution < -0.4 is 9.46 Å². The average Bonchev–Trinajstić information content (AvgIpc) is 2.91. The van der Waals surface area contributed by atoms with Crippen LogP contribution in [0.2, 0.25) is 0 Å². The second-order valence-corrected chi connectivity index (χ2v) is 7.80. The van der Waals surface area contributed by atoms with Gasteiger partial charge in [0, 0.05) is 5.75 Å². The van der Waals surface area contributed by atoms with E-state index < -0.39 is 15.8 Å². The van der Waals surface area contributed by atoms with Crippen LogP contribution >= 0.6 is 23.1 Å². The van der Waals surface area contributed by atoms with Gasteiger partial charge in [-0.25, -0.2) is 12.8 Å². The van der Waals surface area contributed by atoms with Gasteiger partial charge in [0.05, 0.1) is 12.0 Å². The van der Waals surface area contributed by atoms with E-state index in [9.17, 15) is 12.8 Å². The van der Waals surface area contributed by atoms with Gasteiger partial charge >= 0.3 is 0 Å². The number of hydrogen-bond acceptors (Lipinski definition) is 7. The standard InChI is InChI=1S/C12H12FN3O3S3/c1-3-6-20-12-15-14-11(21-12)16-22(17,18)8-4-5-10(19-2)9(13)7-8/h3-5,7H,1,6H2,2H3,(H,14,16). The van der Waals surface area contributed by atoms with Crippen molar-refractivity contribution in [2.45, 2.75) is 9.24 Å².